The number of nitrogen functional groups attached to an aromatic ring is 1. The van der Waals surface area contributed by atoms with E-state index in [9.17, 15) is 13.9 Å². The summed E-state index contributed by atoms with van der Waals surface area (Å²) in [5.74, 6) is -1.32. The molecule has 0 atom stereocenters. The van der Waals surface area contributed by atoms with E-state index in [2.05, 4.69) is 9.97 Å². The second kappa shape index (κ2) is 5.64. The Morgan fingerprint density at radius 3 is 2.70 bits per heavy atom. The quantitative estimate of drug-likeness (QED) is 0.511. The Hall–Kier alpha value is -3.22. The lowest BCUT2D eigenvalue weighted by atomic mass is 9.93. The van der Waals surface area contributed by atoms with Gasteiger partial charge >= 0.3 is 0 Å². The number of nitrogens with zero attached hydrogens (tertiary/aromatic N) is 3. The molecule has 27 heavy (non-hydrogen) atoms. The number of halogens is 2. The molecule has 4 aromatic rings. The Morgan fingerprint density at radius 1 is 1.19 bits per heavy atom. The molecule has 136 valence electrons. The summed E-state index contributed by atoms with van der Waals surface area (Å²) in [5.41, 5.74) is 7.37. The highest BCUT2D eigenvalue weighted by molar-refractivity contribution is 6.12. The highest BCUT2D eigenvalue weighted by Gasteiger charge is 2.26. The lowest BCUT2D eigenvalue weighted by molar-refractivity contribution is 0.283. The molecule has 1 aliphatic rings. The smallest absolute Gasteiger partial charge is 0.220 e. The largest absolute Gasteiger partial charge is 0.494 e. The topological polar surface area (TPSA) is 77.0 Å². The molecular formula is C20H16F2N4O. The van der Waals surface area contributed by atoms with Crippen LogP contribution < -0.4 is 5.73 Å². The zero-order chi connectivity index (χ0) is 18.7. The molecule has 5 nitrogen and oxygen atoms in total. The number of pyridine rings is 2. The van der Waals surface area contributed by atoms with Crippen LogP contribution in [0.15, 0.2) is 36.7 Å². The van der Waals surface area contributed by atoms with Crippen molar-refractivity contribution in [1.82, 2.24) is 14.5 Å². The highest BCUT2D eigenvalue weighted by Crippen LogP contribution is 2.43. The Morgan fingerprint density at radius 2 is 2.00 bits per heavy atom. The van der Waals surface area contributed by atoms with E-state index < -0.39 is 11.8 Å². The fourth-order valence-electron chi connectivity index (χ4n) is 3.77. The van der Waals surface area contributed by atoms with Crippen LogP contribution in [0.25, 0.3) is 32.9 Å². The van der Waals surface area contributed by atoms with Gasteiger partial charge in [0.25, 0.3) is 0 Å². The molecule has 0 spiro atoms. The molecule has 0 amide bonds. The first-order chi connectivity index (χ1) is 13.1. The maximum Gasteiger partial charge on any atom is 0.220 e. The van der Waals surface area contributed by atoms with Gasteiger partial charge in [0, 0.05) is 34.9 Å². The molecule has 3 aromatic heterocycles. The van der Waals surface area contributed by atoms with Crippen LogP contribution in [0.5, 0.6) is 5.88 Å². The van der Waals surface area contributed by atoms with Gasteiger partial charge in [0.05, 0.1) is 22.1 Å². The van der Waals surface area contributed by atoms with Crippen molar-refractivity contribution in [2.45, 2.75) is 25.3 Å². The van der Waals surface area contributed by atoms with Crippen molar-refractivity contribution >= 4 is 27.5 Å². The van der Waals surface area contributed by atoms with E-state index >= 15 is 0 Å². The van der Waals surface area contributed by atoms with Gasteiger partial charge in [0.1, 0.15) is 5.82 Å². The van der Waals surface area contributed by atoms with Crippen LogP contribution in [0.3, 0.4) is 0 Å². The van der Waals surface area contributed by atoms with E-state index in [4.69, 9.17) is 5.73 Å². The molecule has 0 aliphatic heterocycles. The Bertz CT molecular complexity index is 1210. The normalized spacial score (nSPS) is 14.7. The maximum atomic E-state index is 14.7. The fraction of sp³-hybridized carbons (Fsp3) is 0.200. The van der Waals surface area contributed by atoms with Crippen LogP contribution >= 0.6 is 0 Å². The Labute approximate surface area is 153 Å². The van der Waals surface area contributed by atoms with Gasteiger partial charge in [0.15, 0.2) is 0 Å². The van der Waals surface area contributed by atoms with Crippen molar-refractivity contribution in [2.24, 2.45) is 0 Å². The average Bonchev–Trinajstić information content (AvgIpc) is 2.91. The first-order valence-corrected chi connectivity index (χ1v) is 8.78. The van der Waals surface area contributed by atoms with Gasteiger partial charge in [-0.1, -0.05) is 0 Å². The molecule has 0 unspecified atom stereocenters. The van der Waals surface area contributed by atoms with Crippen molar-refractivity contribution in [3.05, 3.63) is 48.4 Å². The highest BCUT2D eigenvalue weighted by atomic mass is 19.1. The maximum absolute atomic E-state index is 14.7. The monoisotopic (exact) mass is 366 g/mol. The Balaban J connectivity index is 1.87. The number of hydrogen-bond donors (Lipinski definition) is 2. The summed E-state index contributed by atoms with van der Waals surface area (Å²) in [6.07, 6.45) is 6.11. The SMILES string of the molecule is Nc1c2ccc(F)c(-c3cccnc3F)c2nc2cn(C3CCC3)c(O)c12. The zero-order valence-corrected chi connectivity index (χ0v) is 14.3. The van der Waals surface area contributed by atoms with Crippen LogP contribution in [0.4, 0.5) is 14.5 Å². The minimum Gasteiger partial charge on any atom is -0.494 e. The summed E-state index contributed by atoms with van der Waals surface area (Å²) in [5, 5.41) is 11.6. The minimum atomic E-state index is -0.778. The average molecular weight is 366 g/mol. The van der Waals surface area contributed by atoms with Gasteiger partial charge in [-0.2, -0.15) is 4.39 Å². The van der Waals surface area contributed by atoms with Crippen molar-refractivity contribution in [3.63, 3.8) is 0 Å². The van der Waals surface area contributed by atoms with Gasteiger partial charge in [-0.25, -0.2) is 14.4 Å². The van der Waals surface area contributed by atoms with E-state index in [0.717, 1.165) is 19.3 Å². The van der Waals surface area contributed by atoms with Crippen molar-refractivity contribution in [3.8, 4) is 17.0 Å². The molecule has 1 saturated carbocycles. The molecule has 0 bridgehead atoms. The lowest BCUT2D eigenvalue weighted by Gasteiger charge is -2.27. The molecule has 1 aromatic carbocycles. The summed E-state index contributed by atoms with van der Waals surface area (Å²) >= 11 is 0. The minimum absolute atomic E-state index is 0.0163. The summed E-state index contributed by atoms with van der Waals surface area (Å²) in [6.45, 7) is 0. The lowest BCUT2D eigenvalue weighted by Crippen LogP contribution is -2.15. The van der Waals surface area contributed by atoms with Crippen LogP contribution in [-0.4, -0.2) is 19.6 Å². The summed E-state index contributed by atoms with van der Waals surface area (Å²) in [6, 6.07) is 5.95. The molecule has 3 N–H and O–H groups in total. The predicted octanol–water partition coefficient (Wildman–Crippen LogP) is 4.54. The number of fused-ring (bicyclic) bond motifs is 2. The predicted molar refractivity (Wildman–Crippen MR) is 99.4 cm³/mol. The van der Waals surface area contributed by atoms with Gasteiger partial charge in [-0.3, -0.25) is 0 Å². The van der Waals surface area contributed by atoms with Crippen LogP contribution in [0.1, 0.15) is 25.3 Å². The van der Waals surface area contributed by atoms with E-state index in [1.807, 2.05) is 0 Å². The number of benzene rings is 1. The summed E-state index contributed by atoms with van der Waals surface area (Å²) < 4.78 is 30.7. The molecule has 7 heteroatoms. The third-order valence-electron chi connectivity index (χ3n) is 5.40. The van der Waals surface area contributed by atoms with E-state index in [0.29, 0.717) is 22.0 Å². The molecule has 3 heterocycles. The van der Waals surface area contributed by atoms with Crippen LogP contribution in [-0.2, 0) is 0 Å². The number of aromatic hydroxyl groups is 1. The zero-order valence-electron chi connectivity index (χ0n) is 14.3. The molecule has 1 aliphatic carbocycles. The van der Waals surface area contributed by atoms with Crippen molar-refractivity contribution in [1.29, 1.82) is 0 Å². The summed E-state index contributed by atoms with van der Waals surface area (Å²) in [7, 11) is 0. The van der Waals surface area contributed by atoms with E-state index in [1.54, 1.807) is 10.8 Å². The number of nitrogens with two attached hydrogens (primary N) is 1. The van der Waals surface area contributed by atoms with E-state index in [-0.39, 0.29) is 28.6 Å². The summed E-state index contributed by atoms with van der Waals surface area (Å²) in [4.78, 5) is 8.16. The molecular weight excluding hydrogens is 350 g/mol. The molecule has 0 radical (unpaired) electrons. The second-order valence-electron chi connectivity index (χ2n) is 6.89. The first-order valence-electron chi connectivity index (χ1n) is 8.78. The van der Waals surface area contributed by atoms with Gasteiger partial charge in [0.2, 0.25) is 11.8 Å². The molecule has 5 rings (SSSR count). The molecule has 1 fully saturated rings. The third kappa shape index (κ3) is 2.21. The number of anilines is 1. The van der Waals surface area contributed by atoms with Gasteiger partial charge < -0.3 is 15.4 Å². The van der Waals surface area contributed by atoms with Crippen LogP contribution in [0, 0.1) is 11.8 Å². The number of hydrogen-bond acceptors (Lipinski definition) is 4. The van der Waals surface area contributed by atoms with Crippen LogP contribution in [0.2, 0.25) is 0 Å². The number of rotatable bonds is 2. The van der Waals surface area contributed by atoms with Crippen molar-refractivity contribution < 1.29 is 13.9 Å². The van der Waals surface area contributed by atoms with Crippen molar-refractivity contribution in [2.75, 3.05) is 5.73 Å². The third-order valence-corrected chi connectivity index (χ3v) is 5.40. The standard InChI is InChI=1S/C20H16F2N4O/c21-13-7-6-12-17(23)16-14(9-26(20(16)27)10-3-1-4-10)25-18(12)15(13)11-5-2-8-24-19(11)22/h2,5-10,27H,1,3-4,23H2. The van der Waals surface area contributed by atoms with Gasteiger partial charge in [-0.15, -0.1) is 0 Å². The second-order valence-corrected chi connectivity index (χ2v) is 6.89. The van der Waals surface area contributed by atoms with E-state index in [1.165, 1.54) is 30.5 Å². The fourth-order valence-corrected chi connectivity index (χ4v) is 3.77. The van der Waals surface area contributed by atoms with Gasteiger partial charge in [-0.05, 0) is 43.5 Å². The first kappa shape index (κ1) is 16.0. The number of aromatic nitrogens is 3. The Kier molecular flexibility index (Phi) is 3.34. The molecule has 0 saturated heterocycles.